The molecule has 1 heterocycles. The van der Waals surface area contributed by atoms with Gasteiger partial charge in [0.1, 0.15) is 5.75 Å². The minimum atomic E-state index is -0.278. The van der Waals surface area contributed by atoms with Gasteiger partial charge in [-0.1, -0.05) is 42.5 Å². The number of carbonyl (C=O) groups is 1. The number of aliphatic imine (C=N–C) groups is 1. The van der Waals surface area contributed by atoms with Crippen LogP contribution in [0.5, 0.6) is 5.75 Å². The number of rotatable bonds is 8. The standard InChI is InChI=1S/C24H32N4O3/c1-25-24(26-13-12-19-8-10-21(30-2)11-9-19)27-18-22(20-6-4-3-5-7-20)23(29)28-14-16-31-17-15-28/h3-11,22H,12-18H2,1-2H3,(H2,25,26,27). The molecule has 1 saturated heterocycles. The first-order valence-electron chi connectivity index (χ1n) is 10.7. The van der Waals surface area contributed by atoms with E-state index in [1.807, 2.05) is 47.4 Å². The number of morpholine rings is 1. The Morgan fingerprint density at radius 3 is 2.45 bits per heavy atom. The monoisotopic (exact) mass is 424 g/mol. The van der Waals surface area contributed by atoms with Crippen molar-refractivity contribution in [2.75, 3.05) is 53.6 Å². The van der Waals surface area contributed by atoms with Crippen molar-refractivity contribution >= 4 is 11.9 Å². The molecule has 1 amide bonds. The highest BCUT2D eigenvalue weighted by molar-refractivity contribution is 5.86. The average molecular weight is 425 g/mol. The Balaban J connectivity index is 1.56. The summed E-state index contributed by atoms with van der Waals surface area (Å²) in [6, 6.07) is 18.0. The largest absolute Gasteiger partial charge is 0.497 e. The quantitative estimate of drug-likeness (QED) is 0.501. The number of guanidine groups is 1. The van der Waals surface area contributed by atoms with Gasteiger partial charge in [-0.25, -0.2) is 0 Å². The second kappa shape index (κ2) is 12.0. The Morgan fingerprint density at radius 2 is 1.81 bits per heavy atom. The van der Waals surface area contributed by atoms with Gasteiger partial charge >= 0.3 is 0 Å². The maximum Gasteiger partial charge on any atom is 0.232 e. The second-order valence-corrected chi connectivity index (χ2v) is 7.38. The Bertz CT molecular complexity index is 834. The van der Waals surface area contributed by atoms with Gasteiger partial charge in [-0.15, -0.1) is 0 Å². The minimum absolute atomic E-state index is 0.121. The Hall–Kier alpha value is -3.06. The number of hydrogen-bond acceptors (Lipinski definition) is 4. The fourth-order valence-electron chi connectivity index (χ4n) is 3.57. The van der Waals surface area contributed by atoms with E-state index in [2.05, 4.69) is 27.8 Å². The van der Waals surface area contributed by atoms with E-state index in [1.54, 1.807) is 14.2 Å². The molecule has 2 aromatic carbocycles. The third-order valence-electron chi connectivity index (χ3n) is 5.39. The third-order valence-corrected chi connectivity index (χ3v) is 5.39. The first-order chi connectivity index (χ1) is 15.2. The molecule has 7 nitrogen and oxygen atoms in total. The number of hydrogen-bond donors (Lipinski definition) is 2. The maximum absolute atomic E-state index is 13.2. The van der Waals surface area contributed by atoms with Crippen LogP contribution in [0.1, 0.15) is 17.0 Å². The second-order valence-electron chi connectivity index (χ2n) is 7.38. The summed E-state index contributed by atoms with van der Waals surface area (Å²) in [5.41, 5.74) is 2.22. The van der Waals surface area contributed by atoms with Crippen LogP contribution >= 0.6 is 0 Å². The van der Waals surface area contributed by atoms with Gasteiger partial charge in [0.05, 0.1) is 26.2 Å². The van der Waals surface area contributed by atoms with Crippen LogP contribution in [0, 0.1) is 0 Å². The molecule has 0 bridgehead atoms. The van der Waals surface area contributed by atoms with E-state index in [4.69, 9.17) is 9.47 Å². The summed E-state index contributed by atoms with van der Waals surface area (Å²) in [6.07, 6.45) is 0.861. The number of methoxy groups -OCH3 is 1. The molecule has 1 unspecified atom stereocenters. The Morgan fingerprint density at radius 1 is 1.10 bits per heavy atom. The molecule has 2 aromatic rings. The Labute approximate surface area is 184 Å². The molecule has 7 heteroatoms. The summed E-state index contributed by atoms with van der Waals surface area (Å²) in [5, 5.41) is 6.67. The van der Waals surface area contributed by atoms with Crippen LogP contribution in [-0.2, 0) is 16.0 Å². The first-order valence-corrected chi connectivity index (χ1v) is 10.7. The molecule has 1 aliphatic heterocycles. The highest BCUT2D eigenvalue weighted by Crippen LogP contribution is 2.19. The van der Waals surface area contributed by atoms with Crippen LogP contribution in [0.2, 0.25) is 0 Å². The molecule has 166 valence electrons. The van der Waals surface area contributed by atoms with Gasteiger partial charge in [0.25, 0.3) is 0 Å². The molecule has 0 aliphatic carbocycles. The van der Waals surface area contributed by atoms with Crippen LogP contribution in [-0.4, -0.2) is 70.3 Å². The van der Waals surface area contributed by atoms with Crippen molar-refractivity contribution < 1.29 is 14.3 Å². The van der Waals surface area contributed by atoms with Gasteiger partial charge in [0.2, 0.25) is 5.91 Å². The first kappa shape index (κ1) is 22.6. The lowest BCUT2D eigenvalue weighted by Gasteiger charge is -2.31. The topological polar surface area (TPSA) is 75.2 Å². The molecule has 2 N–H and O–H groups in total. The SMILES string of the molecule is CN=C(NCCc1ccc(OC)cc1)NCC(C(=O)N1CCOCC1)c1ccccc1. The molecule has 1 atom stereocenters. The zero-order valence-corrected chi connectivity index (χ0v) is 18.3. The fraction of sp³-hybridized carbons (Fsp3) is 0.417. The van der Waals surface area contributed by atoms with E-state index in [-0.39, 0.29) is 11.8 Å². The van der Waals surface area contributed by atoms with E-state index in [1.165, 1.54) is 5.56 Å². The maximum atomic E-state index is 13.2. The van der Waals surface area contributed by atoms with Crippen LogP contribution in [0.15, 0.2) is 59.6 Å². The molecule has 0 aromatic heterocycles. The number of carbonyl (C=O) groups excluding carboxylic acids is 1. The fourth-order valence-corrected chi connectivity index (χ4v) is 3.57. The van der Waals surface area contributed by atoms with Crippen molar-refractivity contribution in [1.82, 2.24) is 15.5 Å². The predicted molar refractivity (Wildman–Crippen MR) is 123 cm³/mol. The summed E-state index contributed by atoms with van der Waals surface area (Å²) in [7, 11) is 3.41. The molecule has 3 rings (SSSR count). The van der Waals surface area contributed by atoms with E-state index in [0.29, 0.717) is 38.8 Å². The molecule has 31 heavy (non-hydrogen) atoms. The average Bonchev–Trinajstić information content (AvgIpc) is 2.84. The van der Waals surface area contributed by atoms with Crippen molar-refractivity contribution in [3.8, 4) is 5.75 Å². The number of nitrogens with zero attached hydrogens (tertiary/aromatic N) is 2. The number of amides is 1. The van der Waals surface area contributed by atoms with Gasteiger partial charge in [0.15, 0.2) is 5.96 Å². The molecule has 1 aliphatic rings. The van der Waals surface area contributed by atoms with Gasteiger partial charge in [-0.2, -0.15) is 0 Å². The lowest BCUT2D eigenvalue weighted by molar-refractivity contribution is -0.136. The summed E-state index contributed by atoms with van der Waals surface area (Å²) >= 11 is 0. The molecule has 0 spiro atoms. The summed E-state index contributed by atoms with van der Waals surface area (Å²) in [5.74, 6) is 1.38. The van der Waals surface area contributed by atoms with Crippen molar-refractivity contribution in [1.29, 1.82) is 0 Å². The summed E-state index contributed by atoms with van der Waals surface area (Å²) in [4.78, 5) is 19.4. The summed E-state index contributed by atoms with van der Waals surface area (Å²) < 4.78 is 10.6. The molecule has 0 saturated carbocycles. The number of nitrogens with one attached hydrogen (secondary N) is 2. The van der Waals surface area contributed by atoms with E-state index >= 15 is 0 Å². The van der Waals surface area contributed by atoms with Crippen LogP contribution in [0.3, 0.4) is 0 Å². The lowest BCUT2D eigenvalue weighted by Crippen LogP contribution is -2.47. The highest BCUT2D eigenvalue weighted by atomic mass is 16.5. The smallest absolute Gasteiger partial charge is 0.232 e. The number of ether oxygens (including phenoxy) is 2. The molecule has 1 fully saturated rings. The molecule has 0 radical (unpaired) electrons. The Kier molecular flexibility index (Phi) is 8.72. The highest BCUT2D eigenvalue weighted by Gasteiger charge is 2.27. The van der Waals surface area contributed by atoms with Crippen LogP contribution < -0.4 is 15.4 Å². The van der Waals surface area contributed by atoms with Crippen LogP contribution in [0.4, 0.5) is 0 Å². The predicted octanol–water partition coefficient (Wildman–Crippen LogP) is 2.05. The summed E-state index contributed by atoms with van der Waals surface area (Å²) in [6.45, 7) is 3.67. The van der Waals surface area contributed by atoms with Gasteiger partial charge in [-0.05, 0) is 29.7 Å². The van der Waals surface area contributed by atoms with Crippen LogP contribution in [0.25, 0.3) is 0 Å². The molecular weight excluding hydrogens is 392 g/mol. The molecular formula is C24H32N4O3. The number of benzene rings is 2. The van der Waals surface area contributed by atoms with Crippen molar-refractivity contribution in [2.24, 2.45) is 4.99 Å². The zero-order valence-electron chi connectivity index (χ0n) is 18.3. The zero-order chi connectivity index (χ0) is 21.9. The van der Waals surface area contributed by atoms with Gasteiger partial charge in [-0.3, -0.25) is 9.79 Å². The normalized spacial score (nSPS) is 15.3. The van der Waals surface area contributed by atoms with E-state index in [9.17, 15) is 4.79 Å². The van der Waals surface area contributed by atoms with Crippen molar-refractivity contribution in [3.63, 3.8) is 0 Å². The van der Waals surface area contributed by atoms with Crippen molar-refractivity contribution in [2.45, 2.75) is 12.3 Å². The van der Waals surface area contributed by atoms with E-state index < -0.39 is 0 Å². The lowest BCUT2D eigenvalue weighted by atomic mass is 9.97. The van der Waals surface area contributed by atoms with Crippen molar-refractivity contribution in [3.05, 3.63) is 65.7 Å². The van der Waals surface area contributed by atoms with Gasteiger partial charge in [0, 0.05) is 33.2 Å². The van der Waals surface area contributed by atoms with Gasteiger partial charge < -0.3 is 25.0 Å². The van der Waals surface area contributed by atoms with E-state index in [0.717, 1.165) is 24.3 Å². The third kappa shape index (κ3) is 6.72. The minimum Gasteiger partial charge on any atom is -0.497 e.